The molecule has 0 radical (unpaired) electrons. The molecule has 0 spiro atoms. The van der Waals surface area contributed by atoms with Crippen LogP contribution in [0.15, 0.2) is 12.1 Å². The van der Waals surface area contributed by atoms with E-state index in [0.717, 1.165) is 6.07 Å². The maximum atomic E-state index is 13.2. The Morgan fingerprint density at radius 3 is 2.61 bits per heavy atom. The fourth-order valence-corrected chi connectivity index (χ4v) is 1.45. The summed E-state index contributed by atoms with van der Waals surface area (Å²) in [5.41, 5.74) is 5.28. The predicted molar refractivity (Wildman–Crippen MR) is 61.3 cm³/mol. The van der Waals surface area contributed by atoms with Crippen LogP contribution >= 0.6 is 0 Å². The topological polar surface area (TPSA) is 55.1 Å². The molecular formula is C12H15F3N2O. The van der Waals surface area contributed by atoms with Crippen molar-refractivity contribution in [2.24, 2.45) is 5.73 Å². The molecule has 3 N–H and O–H groups in total. The van der Waals surface area contributed by atoms with Gasteiger partial charge in [0, 0.05) is 13.0 Å². The number of halogens is 3. The van der Waals surface area contributed by atoms with Crippen LogP contribution in [0.3, 0.4) is 0 Å². The maximum Gasteiger partial charge on any atom is 0.220 e. The lowest BCUT2D eigenvalue weighted by Gasteiger charge is -2.06. The van der Waals surface area contributed by atoms with E-state index in [4.69, 9.17) is 5.73 Å². The SMILES string of the molecule is NCCCC(=O)NCCc1ccc(F)c(F)c1F. The quantitative estimate of drug-likeness (QED) is 0.762. The number of amides is 1. The summed E-state index contributed by atoms with van der Waals surface area (Å²) < 4.78 is 38.8. The highest BCUT2D eigenvalue weighted by Gasteiger charge is 2.13. The number of hydrogen-bond acceptors (Lipinski definition) is 2. The molecular weight excluding hydrogens is 245 g/mol. The molecule has 6 heteroatoms. The molecule has 0 aliphatic heterocycles. The molecule has 0 unspecified atom stereocenters. The summed E-state index contributed by atoms with van der Waals surface area (Å²) in [6.45, 7) is 0.594. The normalized spacial score (nSPS) is 10.4. The van der Waals surface area contributed by atoms with Gasteiger partial charge in [-0.2, -0.15) is 0 Å². The van der Waals surface area contributed by atoms with Gasteiger partial charge in [-0.1, -0.05) is 6.07 Å². The first-order valence-electron chi connectivity index (χ1n) is 5.65. The largest absolute Gasteiger partial charge is 0.356 e. The van der Waals surface area contributed by atoms with Gasteiger partial charge >= 0.3 is 0 Å². The predicted octanol–water partition coefficient (Wildman–Crippen LogP) is 1.50. The van der Waals surface area contributed by atoms with E-state index in [-0.39, 0.29) is 24.4 Å². The van der Waals surface area contributed by atoms with Crippen LogP contribution in [0.4, 0.5) is 13.2 Å². The molecule has 0 bridgehead atoms. The number of benzene rings is 1. The van der Waals surface area contributed by atoms with E-state index >= 15 is 0 Å². The van der Waals surface area contributed by atoms with Crippen molar-refractivity contribution in [3.05, 3.63) is 35.1 Å². The van der Waals surface area contributed by atoms with Crippen LogP contribution in [0.1, 0.15) is 18.4 Å². The molecule has 3 nitrogen and oxygen atoms in total. The molecule has 1 amide bonds. The highest BCUT2D eigenvalue weighted by molar-refractivity contribution is 5.75. The van der Waals surface area contributed by atoms with Gasteiger partial charge in [-0.25, -0.2) is 13.2 Å². The highest BCUT2D eigenvalue weighted by Crippen LogP contribution is 2.15. The van der Waals surface area contributed by atoms with Crippen molar-refractivity contribution in [2.45, 2.75) is 19.3 Å². The van der Waals surface area contributed by atoms with Crippen LogP contribution < -0.4 is 11.1 Å². The van der Waals surface area contributed by atoms with E-state index in [1.165, 1.54) is 6.07 Å². The van der Waals surface area contributed by atoms with E-state index in [1.54, 1.807) is 0 Å². The fraction of sp³-hybridized carbons (Fsp3) is 0.417. The maximum absolute atomic E-state index is 13.2. The third-order valence-electron chi connectivity index (χ3n) is 2.44. The number of rotatable bonds is 6. The van der Waals surface area contributed by atoms with Gasteiger partial charge in [0.05, 0.1) is 0 Å². The van der Waals surface area contributed by atoms with Crippen LogP contribution in [-0.2, 0) is 11.2 Å². The Hall–Kier alpha value is -1.56. The molecule has 0 atom stereocenters. The molecule has 18 heavy (non-hydrogen) atoms. The first-order chi connectivity index (χ1) is 8.56. The van der Waals surface area contributed by atoms with Gasteiger partial charge in [-0.15, -0.1) is 0 Å². The second-order valence-corrected chi connectivity index (χ2v) is 3.83. The molecule has 0 aliphatic carbocycles. The van der Waals surface area contributed by atoms with Gasteiger partial charge in [0.1, 0.15) is 0 Å². The average Bonchev–Trinajstić information content (AvgIpc) is 2.36. The second kappa shape index (κ2) is 7.00. The summed E-state index contributed by atoms with van der Waals surface area (Å²) in [4.78, 5) is 11.2. The number of hydrogen-bond donors (Lipinski definition) is 2. The van der Waals surface area contributed by atoms with Gasteiger partial charge in [-0.3, -0.25) is 4.79 Å². The summed E-state index contributed by atoms with van der Waals surface area (Å²) in [5, 5.41) is 2.55. The van der Waals surface area contributed by atoms with Crippen LogP contribution in [0.2, 0.25) is 0 Å². The Balaban J connectivity index is 2.45. The molecule has 0 aromatic heterocycles. The zero-order valence-corrected chi connectivity index (χ0v) is 9.81. The molecule has 100 valence electrons. The monoisotopic (exact) mass is 260 g/mol. The number of nitrogens with one attached hydrogen (secondary N) is 1. The first-order valence-corrected chi connectivity index (χ1v) is 5.65. The first kappa shape index (κ1) is 14.5. The van der Waals surface area contributed by atoms with Crippen LogP contribution in [-0.4, -0.2) is 19.0 Å². The standard InChI is InChI=1S/C12H15F3N2O/c13-9-4-3-8(11(14)12(9)15)5-7-17-10(18)2-1-6-16/h3-4H,1-2,5-7,16H2,(H,17,18). The molecule has 0 fully saturated rings. The van der Waals surface area contributed by atoms with Crippen molar-refractivity contribution in [2.75, 3.05) is 13.1 Å². The number of nitrogens with two attached hydrogens (primary N) is 1. The summed E-state index contributed by atoms with van der Waals surface area (Å²) in [7, 11) is 0. The van der Waals surface area contributed by atoms with Crippen molar-refractivity contribution in [1.82, 2.24) is 5.32 Å². The van der Waals surface area contributed by atoms with Crippen molar-refractivity contribution < 1.29 is 18.0 Å². The van der Waals surface area contributed by atoms with E-state index < -0.39 is 17.5 Å². The third-order valence-corrected chi connectivity index (χ3v) is 2.44. The van der Waals surface area contributed by atoms with Crippen LogP contribution in [0.25, 0.3) is 0 Å². The Labute approximate surface area is 103 Å². The Bertz CT molecular complexity index is 424. The van der Waals surface area contributed by atoms with Crippen molar-refractivity contribution in [3.8, 4) is 0 Å². The molecule has 1 aromatic carbocycles. The summed E-state index contributed by atoms with van der Waals surface area (Å²) >= 11 is 0. The zero-order valence-electron chi connectivity index (χ0n) is 9.81. The average molecular weight is 260 g/mol. The molecule has 1 rings (SSSR count). The smallest absolute Gasteiger partial charge is 0.220 e. The lowest BCUT2D eigenvalue weighted by Crippen LogP contribution is -2.26. The molecule has 0 saturated heterocycles. The fourth-order valence-electron chi connectivity index (χ4n) is 1.45. The van der Waals surface area contributed by atoms with E-state index in [2.05, 4.69) is 5.32 Å². The van der Waals surface area contributed by atoms with E-state index in [1.807, 2.05) is 0 Å². The third kappa shape index (κ3) is 4.03. The highest BCUT2D eigenvalue weighted by atomic mass is 19.2. The lowest BCUT2D eigenvalue weighted by atomic mass is 10.1. The summed E-state index contributed by atoms with van der Waals surface area (Å²) in [6, 6.07) is 2.03. The second-order valence-electron chi connectivity index (χ2n) is 3.83. The van der Waals surface area contributed by atoms with Gasteiger partial charge in [0.2, 0.25) is 5.91 Å². The van der Waals surface area contributed by atoms with Gasteiger partial charge in [0.15, 0.2) is 17.5 Å². The van der Waals surface area contributed by atoms with E-state index in [0.29, 0.717) is 19.4 Å². The molecule has 0 aliphatic rings. The van der Waals surface area contributed by atoms with Crippen LogP contribution in [0.5, 0.6) is 0 Å². The minimum absolute atomic E-state index is 0.0352. The Kier molecular flexibility index (Phi) is 5.64. The minimum Gasteiger partial charge on any atom is -0.356 e. The number of carbonyl (C=O) groups is 1. The molecule has 0 heterocycles. The van der Waals surface area contributed by atoms with Crippen LogP contribution in [0, 0.1) is 17.5 Å². The van der Waals surface area contributed by atoms with Crippen molar-refractivity contribution in [1.29, 1.82) is 0 Å². The summed E-state index contributed by atoms with van der Waals surface area (Å²) in [6.07, 6.45) is 0.986. The van der Waals surface area contributed by atoms with Gasteiger partial charge in [-0.05, 0) is 31.0 Å². The van der Waals surface area contributed by atoms with Gasteiger partial charge in [0.25, 0.3) is 0 Å². The minimum atomic E-state index is -1.48. The Morgan fingerprint density at radius 2 is 1.94 bits per heavy atom. The molecule has 1 aromatic rings. The van der Waals surface area contributed by atoms with Gasteiger partial charge < -0.3 is 11.1 Å². The lowest BCUT2D eigenvalue weighted by molar-refractivity contribution is -0.121. The van der Waals surface area contributed by atoms with Crippen molar-refractivity contribution >= 4 is 5.91 Å². The Morgan fingerprint density at radius 1 is 1.22 bits per heavy atom. The van der Waals surface area contributed by atoms with Crippen molar-refractivity contribution in [3.63, 3.8) is 0 Å². The van der Waals surface area contributed by atoms with E-state index in [9.17, 15) is 18.0 Å². The molecule has 0 saturated carbocycles. The zero-order chi connectivity index (χ0) is 13.5. The summed E-state index contributed by atoms with van der Waals surface area (Å²) in [5.74, 6) is -4.10. The number of carbonyl (C=O) groups excluding carboxylic acids is 1.